The highest BCUT2D eigenvalue weighted by Crippen LogP contribution is 2.37. The van der Waals surface area contributed by atoms with E-state index in [1.54, 1.807) is 6.07 Å². The van der Waals surface area contributed by atoms with Crippen molar-refractivity contribution in [2.45, 2.75) is 42.5 Å². The summed E-state index contributed by atoms with van der Waals surface area (Å²) >= 11 is 13.9. The van der Waals surface area contributed by atoms with Gasteiger partial charge in [-0.05, 0) is 37.8 Å². The molecule has 1 fully saturated rings. The van der Waals surface area contributed by atoms with Gasteiger partial charge < -0.3 is 4.90 Å². The van der Waals surface area contributed by atoms with Crippen molar-refractivity contribution < 1.29 is 0 Å². The van der Waals surface area contributed by atoms with E-state index in [9.17, 15) is 0 Å². The zero-order valence-corrected chi connectivity index (χ0v) is 15.4. The predicted molar refractivity (Wildman–Crippen MR) is 98.1 cm³/mol. The molecule has 1 aliphatic rings. The van der Waals surface area contributed by atoms with Crippen LogP contribution >= 0.6 is 35.0 Å². The van der Waals surface area contributed by atoms with Gasteiger partial charge in [0.25, 0.3) is 0 Å². The molecule has 1 aromatic heterocycles. The van der Waals surface area contributed by atoms with Crippen molar-refractivity contribution >= 4 is 40.8 Å². The van der Waals surface area contributed by atoms with Crippen LogP contribution in [0, 0.1) is 0 Å². The fraction of sp³-hybridized carbons (Fsp3) is 0.412. The molecule has 0 spiro atoms. The van der Waals surface area contributed by atoms with Crippen molar-refractivity contribution in [3.63, 3.8) is 0 Å². The number of nitrogens with zero attached hydrogens (tertiary/aromatic N) is 3. The second-order valence-corrected chi connectivity index (χ2v) is 7.35. The van der Waals surface area contributed by atoms with Crippen molar-refractivity contribution in [2.24, 2.45) is 0 Å². The Hall–Kier alpha value is -0.970. The van der Waals surface area contributed by atoms with Gasteiger partial charge in [-0.25, -0.2) is 9.97 Å². The molecule has 6 heteroatoms. The summed E-state index contributed by atoms with van der Waals surface area (Å²) in [6, 6.07) is 5.65. The molecular formula is C17H19Cl2N3S. The first-order chi connectivity index (χ1) is 11.2. The first-order valence-electron chi connectivity index (χ1n) is 7.91. The fourth-order valence-corrected chi connectivity index (χ4v) is 4.10. The van der Waals surface area contributed by atoms with E-state index in [0.29, 0.717) is 10.0 Å². The van der Waals surface area contributed by atoms with Crippen LogP contribution in [-0.4, -0.2) is 23.1 Å². The molecular weight excluding hydrogens is 349 g/mol. The highest BCUT2D eigenvalue weighted by atomic mass is 35.5. The Morgan fingerprint density at radius 2 is 1.96 bits per heavy atom. The van der Waals surface area contributed by atoms with E-state index in [1.807, 2.05) is 18.3 Å². The van der Waals surface area contributed by atoms with Gasteiger partial charge in [0.05, 0.1) is 21.9 Å². The van der Waals surface area contributed by atoms with Gasteiger partial charge in [-0.15, -0.1) is 0 Å². The molecule has 2 heterocycles. The quantitative estimate of drug-likeness (QED) is 0.714. The summed E-state index contributed by atoms with van der Waals surface area (Å²) in [6.07, 6.45) is 6.50. The topological polar surface area (TPSA) is 29.0 Å². The summed E-state index contributed by atoms with van der Waals surface area (Å²) in [5.41, 5.74) is 1.01. The minimum atomic E-state index is 0.563. The van der Waals surface area contributed by atoms with Gasteiger partial charge in [0.2, 0.25) is 0 Å². The molecule has 0 N–H and O–H groups in total. The van der Waals surface area contributed by atoms with E-state index in [4.69, 9.17) is 28.2 Å². The van der Waals surface area contributed by atoms with Gasteiger partial charge in [-0.2, -0.15) is 0 Å². The van der Waals surface area contributed by atoms with E-state index >= 15 is 0 Å². The Kier molecular flexibility index (Phi) is 5.67. The van der Waals surface area contributed by atoms with Crippen LogP contribution in [0.15, 0.2) is 34.3 Å². The van der Waals surface area contributed by atoms with E-state index in [0.717, 1.165) is 40.9 Å². The summed E-state index contributed by atoms with van der Waals surface area (Å²) in [5, 5.41) is 2.04. The molecule has 0 aliphatic carbocycles. The molecule has 0 radical (unpaired) electrons. The molecule has 23 heavy (non-hydrogen) atoms. The number of hydrogen-bond acceptors (Lipinski definition) is 4. The van der Waals surface area contributed by atoms with Crippen LogP contribution in [0.2, 0.25) is 10.0 Å². The van der Waals surface area contributed by atoms with Gasteiger partial charge in [-0.3, -0.25) is 0 Å². The molecule has 1 aromatic carbocycles. The van der Waals surface area contributed by atoms with E-state index in [1.165, 1.54) is 31.0 Å². The Morgan fingerprint density at radius 1 is 1.17 bits per heavy atom. The standard InChI is InChI=1S/C17H19Cl2N3S/c1-2-13-17(23-14-8-6-7-12(18)16(14)19)20-11-15(21-13)22-9-4-3-5-10-22/h6-8,11H,2-5,9-10H2,1H3. The molecule has 0 bridgehead atoms. The Bertz CT molecular complexity index is 688. The van der Waals surface area contributed by atoms with Crippen LogP contribution < -0.4 is 4.90 Å². The minimum absolute atomic E-state index is 0.563. The predicted octanol–water partition coefficient (Wildman–Crippen LogP) is 5.49. The number of anilines is 1. The lowest BCUT2D eigenvalue weighted by Crippen LogP contribution is -2.30. The average Bonchev–Trinajstić information content (AvgIpc) is 2.60. The summed E-state index contributed by atoms with van der Waals surface area (Å²) < 4.78 is 0. The first-order valence-corrected chi connectivity index (χ1v) is 9.49. The normalized spacial score (nSPS) is 15.0. The molecule has 1 saturated heterocycles. The lowest BCUT2D eigenvalue weighted by molar-refractivity contribution is 0.571. The maximum atomic E-state index is 6.28. The van der Waals surface area contributed by atoms with Gasteiger partial charge in [0, 0.05) is 18.0 Å². The van der Waals surface area contributed by atoms with Crippen molar-refractivity contribution in [3.8, 4) is 0 Å². The molecule has 3 rings (SSSR count). The number of halogens is 2. The SMILES string of the molecule is CCc1nc(N2CCCCC2)cnc1Sc1cccc(Cl)c1Cl. The minimum Gasteiger partial charge on any atom is -0.355 e. The van der Waals surface area contributed by atoms with Crippen LogP contribution in [0.3, 0.4) is 0 Å². The second-order valence-electron chi connectivity index (χ2n) is 5.54. The monoisotopic (exact) mass is 367 g/mol. The zero-order chi connectivity index (χ0) is 16.2. The van der Waals surface area contributed by atoms with Gasteiger partial charge in [0.15, 0.2) is 0 Å². The van der Waals surface area contributed by atoms with Crippen molar-refractivity contribution in [3.05, 3.63) is 40.1 Å². The van der Waals surface area contributed by atoms with Crippen molar-refractivity contribution in [2.75, 3.05) is 18.0 Å². The van der Waals surface area contributed by atoms with E-state index in [2.05, 4.69) is 16.8 Å². The molecule has 0 saturated carbocycles. The number of hydrogen-bond donors (Lipinski definition) is 0. The summed E-state index contributed by atoms with van der Waals surface area (Å²) in [5.74, 6) is 0.989. The smallest absolute Gasteiger partial charge is 0.147 e. The van der Waals surface area contributed by atoms with Crippen molar-refractivity contribution in [1.29, 1.82) is 0 Å². The summed E-state index contributed by atoms with van der Waals surface area (Å²) in [4.78, 5) is 12.7. The van der Waals surface area contributed by atoms with Crippen LogP contribution in [0.4, 0.5) is 5.82 Å². The molecule has 3 nitrogen and oxygen atoms in total. The van der Waals surface area contributed by atoms with Gasteiger partial charge in [-0.1, -0.05) is 48.0 Å². The fourth-order valence-electron chi connectivity index (χ4n) is 2.66. The van der Waals surface area contributed by atoms with Crippen LogP contribution in [0.1, 0.15) is 31.9 Å². The van der Waals surface area contributed by atoms with Crippen LogP contribution in [-0.2, 0) is 6.42 Å². The average molecular weight is 368 g/mol. The molecule has 2 aromatic rings. The largest absolute Gasteiger partial charge is 0.355 e. The summed E-state index contributed by atoms with van der Waals surface area (Å²) in [7, 11) is 0. The molecule has 0 unspecified atom stereocenters. The Balaban J connectivity index is 1.86. The maximum absolute atomic E-state index is 6.28. The van der Waals surface area contributed by atoms with Gasteiger partial charge >= 0.3 is 0 Å². The molecule has 0 amide bonds. The van der Waals surface area contributed by atoms with E-state index < -0.39 is 0 Å². The number of rotatable bonds is 4. The van der Waals surface area contributed by atoms with Crippen molar-refractivity contribution in [1.82, 2.24) is 9.97 Å². The molecule has 1 aliphatic heterocycles. The summed E-state index contributed by atoms with van der Waals surface area (Å²) in [6.45, 7) is 4.25. The Labute approximate surface area is 151 Å². The third-order valence-electron chi connectivity index (χ3n) is 3.93. The number of piperidine rings is 1. The molecule has 122 valence electrons. The highest BCUT2D eigenvalue weighted by Gasteiger charge is 2.16. The van der Waals surface area contributed by atoms with Crippen LogP contribution in [0.25, 0.3) is 0 Å². The number of benzene rings is 1. The third-order valence-corrected chi connectivity index (χ3v) is 5.96. The second kappa shape index (κ2) is 7.73. The Morgan fingerprint density at radius 3 is 2.70 bits per heavy atom. The zero-order valence-electron chi connectivity index (χ0n) is 13.1. The third kappa shape index (κ3) is 3.93. The highest BCUT2D eigenvalue weighted by molar-refractivity contribution is 7.99. The van der Waals surface area contributed by atoms with Gasteiger partial charge in [0.1, 0.15) is 10.8 Å². The number of aryl methyl sites for hydroxylation is 1. The maximum Gasteiger partial charge on any atom is 0.147 e. The lowest BCUT2D eigenvalue weighted by atomic mass is 10.1. The number of aromatic nitrogens is 2. The van der Waals surface area contributed by atoms with Crippen LogP contribution in [0.5, 0.6) is 0 Å². The van der Waals surface area contributed by atoms with E-state index in [-0.39, 0.29) is 0 Å². The lowest BCUT2D eigenvalue weighted by Gasteiger charge is -2.27. The first kappa shape index (κ1) is 16.9. The molecule has 0 atom stereocenters.